The first kappa shape index (κ1) is 14.9. The zero-order valence-corrected chi connectivity index (χ0v) is 12.8. The first-order chi connectivity index (χ1) is 9.37. The van der Waals surface area contributed by atoms with Gasteiger partial charge in [-0.3, -0.25) is 9.59 Å². The molecule has 1 aliphatic rings. The minimum Gasteiger partial charge on any atom is -0.361 e. The van der Waals surface area contributed by atoms with Crippen molar-refractivity contribution in [3.8, 4) is 0 Å². The summed E-state index contributed by atoms with van der Waals surface area (Å²) in [5.41, 5.74) is 3.13. The SMILES string of the molecule is CC(=O)SCC(=O)Cc1c[nH]c2c1C=CC(C)(C)C=C2. The van der Waals surface area contributed by atoms with Crippen molar-refractivity contribution in [2.75, 3.05) is 5.75 Å². The molecule has 3 nitrogen and oxygen atoms in total. The van der Waals surface area contributed by atoms with Crippen LogP contribution in [0.5, 0.6) is 0 Å². The van der Waals surface area contributed by atoms with Gasteiger partial charge >= 0.3 is 0 Å². The van der Waals surface area contributed by atoms with Gasteiger partial charge in [0.2, 0.25) is 0 Å². The lowest BCUT2D eigenvalue weighted by Crippen LogP contribution is -2.07. The third kappa shape index (κ3) is 3.73. The van der Waals surface area contributed by atoms with E-state index >= 15 is 0 Å². The number of hydrogen-bond acceptors (Lipinski definition) is 3. The summed E-state index contributed by atoms with van der Waals surface area (Å²) in [7, 11) is 0. The number of aromatic amines is 1. The lowest BCUT2D eigenvalue weighted by molar-refractivity contribution is -0.116. The Morgan fingerprint density at radius 3 is 2.65 bits per heavy atom. The molecule has 0 bridgehead atoms. The summed E-state index contributed by atoms with van der Waals surface area (Å²) in [6, 6.07) is 0. The molecule has 0 saturated carbocycles. The Morgan fingerprint density at radius 2 is 1.95 bits per heavy atom. The summed E-state index contributed by atoms with van der Waals surface area (Å²) in [6.45, 7) is 5.76. The average molecular weight is 289 g/mol. The maximum Gasteiger partial charge on any atom is 0.186 e. The fraction of sp³-hybridized carbons (Fsp3) is 0.375. The number of fused-ring (bicyclic) bond motifs is 1. The Labute approximate surface area is 123 Å². The van der Waals surface area contributed by atoms with Crippen LogP contribution in [0.4, 0.5) is 0 Å². The second-order valence-corrected chi connectivity index (χ2v) is 6.78. The molecule has 1 aromatic heterocycles. The maximum absolute atomic E-state index is 11.9. The van der Waals surface area contributed by atoms with Gasteiger partial charge in [-0.15, -0.1) is 0 Å². The number of thioether (sulfide) groups is 1. The molecule has 0 spiro atoms. The molecule has 2 rings (SSSR count). The first-order valence-electron chi connectivity index (χ1n) is 6.61. The van der Waals surface area contributed by atoms with Gasteiger partial charge < -0.3 is 4.98 Å². The Kier molecular flexibility index (Phi) is 4.33. The third-order valence-corrected chi connectivity index (χ3v) is 4.09. The molecule has 1 aromatic rings. The second-order valence-electron chi connectivity index (χ2n) is 5.63. The number of nitrogens with one attached hydrogen (secondary N) is 1. The summed E-state index contributed by atoms with van der Waals surface area (Å²) in [6.07, 6.45) is 10.7. The van der Waals surface area contributed by atoms with Crippen molar-refractivity contribution in [2.24, 2.45) is 5.41 Å². The Balaban J connectivity index is 2.13. The standard InChI is InChI=1S/C16H19NO2S/c1-11(18)20-10-13(19)8-12-9-17-15-5-7-16(2,3)6-4-14(12)15/h4-7,9,17H,8,10H2,1-3H3. The van der Waals surface area contributed by atoms with E-state index in [4.69, 9.17) is 0 Å². The van der Waals surface area contributed by atoms with Gasteiger partial charge in [0.25, 0.3) is 0 Å². The van der Waals surface area contributed by atoms with Crippen LogP contribution in [0, 0.1) is 5.41 Å². The molecular formula is C16H19NO2S. The zero-order chi connectivity index (χ0) is 14.8. The zero-order valence-electron chi connectivity index (χ0n) is 12.0. The van der Waals surface area contributed by atoms with Crippen LogP contribution >= 0.6 is 11.8 Å². The summed E-state index contributed by atoms with van der Waals surface area (Å²) < 4.78 is 0. The maximum atomic E-state index is 11.9. The molecule has 0 saturated heterocycles. The van der Waals surface area contributed by atoms with Gasteiger partial charge in [-0.25, -0.2) is 0 Å². The van der Waals surface area contributed by atoms with Crippen LogP contribution in [0.1, 0.15) is 37.6 Å². The topological polar surface area (TPSA) is 49.9 Å². The Morgan fingerprint density at radius 1 is 1.25 bits per heavy atom. The van der Waals surface area contributed by atoms with Gasteiger partial charge in [0, 0.05) is 36.2 Å². The molecule has 20 heavy (non-hydrogen) atoms. The van der Waals surface area contributed by atoms with E-state index in [2.05, 4.69) is 43.1 Å². The molecule has 0 amide bonds. The highest BCUT2D eigenvalue weighted by atomic mass is 32.2. The van der Waals surface area contributed by atoms with Crippen LogP contribution < -0.4 is 0 Å². The molecule has 0 aliphatic heterocycles. The summed E-state index contributed by atoms with van der Waals surface area (Å²) in [5, 5.41) is -0.0178. The molecule has 1 N–H and O–H groups in total. The minimum atomic E-state index is -0.0178. The van der Waals surface area contributed by atoms with Gasteiger partial charge in [0.15, 0.2) is 5.12 Å². The van der Waals surface area contributed by atoms with Crippen LogP contribution in [-0.2, 0) is 16.0 Å². The van der Waals surface area contributed by atoms with Crippen molar-refractivity contribution in [3.05, 3.63) is 35.2 Å². The fourth-order valence-corrected chi connectivity index (χ4v) is 2.54. The van der Waals surface area contributed by atoms with E-state index < -0.39 is 0 Å². The van der Waals surface area contributed by atoms with E-state index in [0.717, 1.165) is 28.6 Å². The normalized spacial score (nSPS) is 15.8. The highest BCUT2D eigenvalue weighted by Gasteiger charge is 2.17. The van der Waals surface area contributed by atoms with Crippen molar-refractivity contribution < 1.29 is 9.59 Å². The summed E-state index contributed by atoms with van der Waals surface area (Å²) in [5.74, 6) is 0.327. The number of allylic oxidation sites excluding steroid dienone is 2. The molecule has 0 aromatic carbocycles. The number of Topliss-reactive ketones (excluding diaryl/α,β-unsaturated/α-hetero) is 1. The average Bonchev–Trinajstić information content (AvgIpc) is 2.66. The van der Waals surface area contributed by atoms with Crippen LogP contribution in [-0.4, -0.2) is 21.6 Å². The van der Waals surface area contributed by atoms with Crippen LogP contribution in [0.25, 0.3) is 12.2 Å². The van der Waals surface area contributed by atoms with Crippen molar-refractivity contribution in [1.82, 2.24) is 4.98 Å². The lowest BCUT2D eigenvalue weighted by atomic mass is 9.93. The van der Waals surface area contributed by atoms with Crippen molar-refractivity contribution in [2.45, 2.75) is 27.2 Å². The smallest absolute Gasteiger partial charge is 0.186 e. The van der Waals surface area contributed by atoms with Crippen molar-refractivity contribution in [3.63, 3.8) is 0 Å². The monoisotopic (exact) mass is 289 g/mol. The van der Waals surface area contributed by atoms with Crippen LogP contribution in [0.2, 0.25) is 0 Å². The van der Waals surface area contributed by atoms with Gasteiger partial charge in [-0.2, -0.15) is 0 Å². The highest BCUT2D eigenvalue weighted by Crippen LogP contribution is 2.29. The number of aromatic nitrogens is 1. The summed E-state index contributed by atoms with van der Waals surface area (Å²) in [4.78, 5) is 26.0. The second kappa shape index (κ2) is 5.83. The van der Waals surface area contributed by atoms with E-state index in [1.807, 2.05) is 6.20 Å². The van der Waals surface area contributed by atoms with Crippen molar-refractivity contribution >= 4 is 34.8 Å². The van der Waals surface area contributed by atoms with E-state index in [0.29, 0.717) is 6.42 Å². The molecule has 0 fully saturated rings. The predicted molar refractivity (Wildman–Crippen MR) is 84.5 cm³/mol. The number of carbonyl (C=O) groups excluding carboxylic acids is 2. The molecule has 4 heteroatoms. The van der Waals surface area contributed by atoms with E-state index in [-0.39, 0.29) is 22.1 Å². The minimum absolute atomic E-state index is 0.0178. The number of rotatable bonds is 4. The number of H-pyrrole nitrogens is 1. The van der Waals surface area contributed by atoms with Gasteiger partial charge in [0.1, 0.15) is 5.78 Å². The molecule has 0 radical (unpaired) electrons. The summed E-state index contributed by atoms with van der Waals surface area (Å²) >= 11 is 1.07. The first-order valence-corrected chi connectivity index (χ1v) is 7.60. The lowest BCUT2D eigenvalue weighted by Gasteiger charge is -2.12. The Bertz CT molecular complexity index is 594. The molecule has 0 atom stereocenters. The molecule has 1 aliphatic carbocycles. The number of ketones is 1. The fourth-order valence-electron chi connectivity index (χ4n) is 2.07. The predicted octanol–water partition coefficient (Wildman–Crippen LogP) is 3.47. The van der Waals surface area contributed by atoms with Gasteiger partial charge in [0.05, 0.1) is 5.75 Å². The van der Waals surface area contributed by atoms with Gasteiger partial charge in [-0.1, -0.05) is 43.8 Å². The van der Waals surface area contributed by atoms with Gasteiger partial charge in [-0.05, 0) is 11.6 Å². The molecule has 0 unspecified atom stereocenters. The van der Waals surface area contributed by atoms with E-state index in [1.54, 1.807) is 0 Å². The van der Waals surface area contributed by atoms with Crippen LogP contribution in [0.15, 0.2) is 18.3 Å². The molecule has 1 heterocycles. The van der Waals surface area contributed by atoms with E-state index in [1.165, 1.54) is 6.92 Å². The van der Waals surface area contributed by atoms with Crippen LogP contribution in [0.3, 0.4) is 0 Å². The largest absolute Gasteiger partial charge is 0.361 e. The third-order valence-electron chi connectivity index (χ3n) is 3.22. The number of hydrogen-bond donors (Lipinski definition) is 1. The van der Waals surface area contributed by atoms with Crippen molar-refractivity contribution in [1.29, 1.82) is 0 Å². The number of carbonyl (C=O) groups is 2. The van der Waals surface area contributed by atoms with E-state index in [9.17, 15) is 9.59 Å². The highest BCUT2D eigenvalue weighted by molar-refractivity contribution is 8.14. The Hall–Kier alpha value is -1.55. The molecular weight excluding hydrogens is 270 g/mol. The quantitative estimate of drug-likeness (QED) is 0.923. The molecule has 106 valence electrons.